The number of hydrogen-bond donors (Lipinski definition) is 0. The van der Waals surface area contributed by atoms with E-state index < -0.39 is 0 Å². The van der Waals surface area contributed by atoms with Gasteiger partial charge in [0.15, 0.2) is 0 Å². The SMILES string of the molecule is [CH2-]C.[N-]=O.[W+2]. The van der Waals surface area contributed by atoms with E-state index in [0.29, 0.717) is 0 Å². The second-order valence-corrected chi connectivity index (χ2v) is 0. The van der Waals surface area contributed by atoms with E-state index >= 15 is 0 Å². The van der Waals surface area contributed by atoms with Gasteiger partial charge in [-0.05, 0) is 0 Å². The molecule has 0 saturated carbocycles. The van der Waals surface area contributed by atoms with Crippen LogP contribution in [0.2, 0.25) is 0 Å². The Balaban J connectivity index is -0.0000000133. The van der Waals surface area contributed by atoms with Crippen LogP contribution in [0.25, 0.3) is 5.59 Å². The van der Waals surface area contributed by atoms with Crippen molar-refractivity contribution in [3.05, 3.63) is 17.4 Å². The number of nitrogens with zero attached hydrogens (tertiary/aromatic N) is 1. The summed E-state index contributed by atoms with van der Waals surface area (Å²) in [5, 5.41) is 0. The Kier molecular flexibility index (Phi) is 2070. The van der Waals surface area contributed by atoms with Crippen LogP contribution in [-0.4, -0.2) is 0 Å². The van der Waals surface area contributed by atoms with E-state index in [2.05, 4.69) is 6.92 Å². The van der Waals surface area contributed by atoms with E-state index in [1.54, 1.807) is 6.92 Å². The largest absolute Gasteiger partial charge is 2.00 e. The van der Waals surface area contributed by atoms with Crippen LogP contribution in [-0.2, 0) is 21.1 Å². The average molecular weight is 243 g/mol. The van der Waals surface area contributed by atoms with Crippen molar-refractivity contribution in [1.82, 2.24) is 0 Å². The Morgan fingerprint density at radius 3 is 1.40 bits per heavy atom. The summed E-state index contributed by atoms with van der Waals surface area (Å²) in [6, 6.07) is 0. The predicted molar refractivity (Wildman–Crippen MR) is 17.8 cm³/mol. The minimum Gasteiger partial charge on any atom is -0.577 e. The van der Waals surface area contributed by atoms with Gasteiger partial charge in [-0.1, -0.05) is 0 Å². The molecule has 0 aliphatic rings. The van der Waals surface area contributed by atoms with Crippen molar-refractivity contribution in [1.29, 1.82) is 0 Å². The fourth-order valence-electron chi connectivity index (χ4n) is 0. The summed E-state index contributed by atoms with van der Waals surface area (Å²) < 4.78 is 0. The molecule has 0 aromatic rings. The molecule has 0 amide bonds. The molecule has 5 heavy (non-hydrogen) atoms. The van der Waals surface area contributed by atoms with Gasteiger partial charge in [0.1, 0.15) is 0 Å². The Morgan fingerprint density at radius 2 is 1.40 bits per heavy atom. The second kappa shape index (κ2) is 558. The molecule has 0 aliphatic carbocycles. The van der Waals surface area contributed by atoms with Gasteiger partial charge in [-0.25, -0.2) is 0 Å². The summed E-state index contributed by atoms with van der Waals surface area (Å²) in [5.74, 6) is 0. The zero-order valence-corrected chi connectivity index (χ0v) is 5.90. The molecular formula is C2H5NOW. The van der Waals surface area contributed by atoms with Crippen LogP contribution in [0, 0.1) is 11.8 Å². The molecule has 0 heterocycles. The normalized spacial score (nSPS) is 2.00. The summed E-state index contributed by atoms with van der Waals surface area (Å²) in [4.78, 5) is 7.25. The van der Waals surface area contributed by atoms with E-state index in [4.69, 9.17) is 10.5 Å². The fraction of sp³-hybridized carbons (Fsp3) is 0.500. The first-order valence-electron chi connectivity index (χ1n) is 0.890. The maximum atomic E-state index is 7.25. The van der Waals surface area contributed by atoms with E-state index in [-0.39, 0.29) is 21.1 Å². The molecule has 0 N–H and O–H groups in total. The molecule has 0 aromatic heterocycles. The summed E-state index contributed by atoms with van der Waals surface area (Å²) in [6.07, 6.45) is 0. The first-order valence-corrected chi connectivity index (χ1v) is 0.890. The molecule has 0 aromatic carbocycles. The Bertz CT molecular complexity index is 9.61. The van der Waals surface area contributed by atoms with Crippen LogP contribution in [0.4, 0.5) is 0 Å². The van der Waals surface area contributed by atoms with E-state index in [1.165, 1.54) is 0 Å². The number of nitroso groups, excluding NO2 is 1. The van der Waals surface area contributed by atoms with Gasteiger partial charge < -0.3 is 17.4 Å². The van der Waals surface area contributed by atoms with Gasteiger partial charge >= 0.3 is 21.1 Å². The summed E-state index contributed by atoms with van der Waals surface area (Å²) in [7, 11) is 0. The molecule has 0 atom stereocenters. The first kappa shape index (κ1) is 18.6. The summed E-state index contributed by atoms with van der Waals surface area (Å²) in [5.41, 5.74) is 5.75. The zero-order chi connectivity index (χ0) is 4.00. The Labute approximate surface area is 46.0 Å². The van der Waals surface area contributed by atoms with Gasteiger partial charge in [-0.15, -0.1) is 0 Å². The fourth-order valence-corrected chi connectivity index (χ4v) is 0. The van der Waals surface area contributed by atoms with Crippen molar-refractivity contribution in [3.63, 3.8) is 0 Å². The average Bonchev–Trinajstić information content (AvgIpc) is 1.50. The number of hydrogen-bond acceptors (Lipinski definition) is 1. The van der Waals surface area contributed by atoms with E-state index in [9.17, 15) is 0 Å². The van der Waals surface area contributed by atoms with Gasteiger partial charge in [0.25, 0.3) is 0 Å². The quantitative estimate of drug-likeness (QED) is 0.588. The molecule has 30 valence electrons. The van der Waals surface area contributed by atoms with Crippen LogP contribution in [0.5, 0.6) is 0 Å². The van der Waals surface area contributed by atoms with Gasteiger partial charge in [0.05, 0.1) is 0 Å². The molecule has 0 spiro atoms. The van der Waals surface area contributed by atoms with Crippen LogP contribution in [0.15, 0.2) is 0 Å². The standard InChI is InChI=1S/C2H5.NO.W/c2*1-2;/h1H2,2H3;;/q2*-1;+2. The van der Waals surface area contributed by atoms with Gasteiger partial charge in [0.2, 0.25) is 0 Å². The molecule has 0 aliphatic heterocycles. The van der Waals surface area contributed by atoms with Crippen LogP contribution in [0.3, 0.4) is 0 Å². The molecule has 3 heteroatoms. The maximum absolute atomic E-state index is 7.25. The van der Waals surface area contributed by atoms with Gasteiger partial charge in [0, 0.05) is 0 Å². The smallest absolute Gasteiger partial charge is 0.577 e. The van der Waals surface area contributed by atoms with Crippen molar-refractivity contribution >= 4 is 0 Å². The zero-order valence-electron chi connectivity index (χ0n) is 2.97. The Hall–Kier alpha value is 0.288. The molecule has 0 bridgehead atoms. The molecular weight excluding hydrogens is 238 g/mol. The van der Waals surface area contributed by atoms with Crippen LogP contribution in [0.1, 0.15) is 6.92 Å². The third kappa shape index (κ3) is 270. The first-order chi connectivity index (χ1) is 2.00. The molecule has 0 rings (SSSR count). The van der Waals surface area contributed by atoms with Gasteiger partial charge in [-0.2, -0.15) is 6.92 Å². The minimum absolute atomic E-state index is 0. The Morgan fingerprint density at radius 1 is 1.40 bits per heavy atom. The number of rotatable bonds is 0. The van der Waals surface area contributed by atoms with Crippen molar-refractivity contribution in [2.24, 2.45) is 0 Å². The van der Waals surface area contributed by atoms with E-state index in [1.807, 2.05) is 0 Å². The molecule has 0 unspecified atom stereocenters. The van der Waals surface area contributed by atoms with Crippen LogP contribution >= 0.6 is 0 Å². The summed E-state index contributed by atoms with van der Waals surface area (Å²) in [6.45, 7) is 5.00. The third-order valence-corrected chi connectivity index (χ3v) is 0. The monoisotopic (exact) mass is 243 g/mol. The van der Waals surface area contributed by atoms with Gasteiger partial charge in [-0.3, -0.25) is 0 Å². The van der Waals surface area contributed by atoms with Crippen molar-refractivity contribution in [2.45, 2.75) is 6.92 Å². The summed E-state index contributed by atoms with van der Waals surface area (Å²) >= 11 is 0. The van der Waals surface area contributed by atoms with Crippen molar-refractivity contribution < 1.29 is 21.1 Å². The molecule has 0 radical (unpaired) electrons. The maximum Gasteiger partial charge on any atom is 2.00 e. The molecule has 2 nitrogen and oxygen atoms in total. The molecule has 0 saturated heterocycles. The van der Waals surface area contributed by atoms with Crippen molar-refractivity contribution in [3.8, 4) is 0 Å². The van der Waals surface area contributed by atoms with Crippen LogP contribution < -0.4 is 0 Å². The minimum atomic E-state index is 0. The van der Waals surface area contributed by atoms with E-state index in [0.717, 1.165) is 0 Å². The molecule has 0 fully saturated rings. The van der Waals surface area contributed by atoms with Crippen molar-refractivity contribution in [2.75, 3.05) is 0 Å². The topological polar surface area (TPSA) is 39.4 Å². The predicted octanol–water partition coefficient (Wildman–Crippen LogP) is 1.16. The third-order valence-electron chi connectivity index (χ3n) is 0. The second-order valence-electron chi connectivity index (χ2n) is 0.